The van der Waals surface area contributed by atoms with Crippen LogP contribution in [0.4, 0.5) is 0 Å². The second-order valence-electron chi connectivity index (χ2n) is 8.65. The highest BCUT2D eigenvalue weighted by molar-refractivity contribution is 7.99. The van der Waals surface area contributed by atoms with E-state index in [1.165, 1.54) is 11.8 Å². The quantitative estimate of drug-likeness (QED) is 0.402. The molecule has 0 radical (unpaired) electrons. The number of thioether (sulfide) groups is 1. The maximum Gasteiger partial charge on any atom is 0.338 e. The number of carbonyl (C=O) groups is 2. The van der Waals surface area contributed by atoms with Gasteiger partial charge in [0.2, 0.25) is 0 Å². The molecule has 7 nitrogen and oxygen atoms in total. The van der Waals surface area contributed by atoms with Crippen LogP contribution in [-0.2, 0) is 23.7 Å². The van der Waals surface area contributed by atoms with Crippen molar-refractivity contribution >= 4 is 23.7 Å². The van der Waals surface area contributed by atoms with E-state index in [4.69, 9.17) is 23.7 Å². The minimum Gasteiger partial charge on any atom is -0.452 e. The first-order chi connectivity index (χ1) is 18.1. The molecule has 0 aliphatic carbocycles. The molecule has 0 bridgehead atoms. The van der Waals surface area contributed by atoms with Crippen molar-refractivity contribution < 1.29 is 33.3 Å². The summed E-state index contributed by atoms with van der Waals surface area (Å²) < 4.78 is 30.7. The Morgan fingerprint density at radius 1 is 0.784 bits per heavy atom. The molecule has 2 saturated heterocycles. The molecule has 0 saturated carbocycles. The smallest absolute Gasteiger partial charge is 0.338 e. The van der Waals surface area contributed by atoms with Crippen LogP contribution < -0.4 is 0 Å². The molecule has 2 aliphatic rings. The molecule has 0 N–H and O–H groups in total. The number of carbonyl (C=O) groups excluding carboxylic acids is 2. The van der Waals surface area contributed by atoms with Crippen molar-refractivity contribution in [2.24, 2.45) is 0 Å². The highest BCUT2D eigenvalue weighted by Crippen LogP contribution is 2.39. The van der Waals surface area contributed by atoms with E-state index in [2.05, 4.69) is 0 Å². The van der Waals surface area contributed by atoms with Gasteiger partial charge in [-0.25, -0.2) is 9.59 Å². The highest BCUT2D eigenvalue weighted by Gasteiger charge is 2.53. The number of fused-ring (bicyclic) bond motifs is 1. The lowest BCUT2D eigenvalue weighted by molar-refractivity contribution is -0.317. The van der Waals surface area contributed by atoms with Gasteiger partial charge in [0.25, 0.3) is 0 Å². The van der Waals surface area contributed by atoms with Gasteiger partial charge in [-0.15, -0.1) is 11.8 Å². The summed E-state index contributed by atoms with van der Waals surface area (Å²) in [5.41, 5.74) is 1.04. The summed E-state index contributed by atoms with van der Waals surface area (Å²) >= 11 is 1.48. The number of ether oxygens (including phenoxy) is 5. The predicted molar refractivity (Wildman–Crippen MR) is 138 cm³/mol. The second-order valence-corrected chi connectivity index (χ2v) is 10.0. The van der Waals surface area contributed by atoms with E-state index in [0.717, 1.165) is 5.56 Å². The molecule has 2 fully saturated rings. The van der Waals surface area contributed by atoms with E-state index in [9.17, 15) is 9.59 Å². The molecule has 3 aromatic rings. The lowest BCUT2D eigenvalue weighted by Gasteiger charge is -2.48. The van der Waals surface area contributed by atoms with Crippen molar-refractivity contribution in [1.82, 2.24) is 0 Å². The van der Waals surface area contributed by atoms with Crippen LogP contribution in [-0.4, -0.2) is 54.2 Å². The van der Waals surface area contributed by atoms with E-state index >= 15 is 0 Å². The molecule has 8 heteroatoms. The zero-order chi connectivity index (χ0) is 25.6. The van der Waals surface area contributed by atoms with Gasteiger partial charge in [0.05, 0.1) is 17.7 Å². The molecule has 5 rings (SSSR count). The molecule has 2 heterocycles. The monoisotopic (exact) mass is 520 g/mol. The summed E-state index contributed by atoms with van der Waals surface area (Å²) in [5, 5.41) is 0. The third-order valence-electron chi connectivity index (χ3n) is 6.19. The third kappa shape index (κ3) is 5.88. The first-order valence-corrected chi connectivity index (χ1v) is 13.3. The van der Waals surface area contributed by atoms with Crippen LogP contribution >= 0.6 is 11.8 Å². The average Bonchev–Trinajstić information content (AvgIpc) is 2.96. The molecule has 2 aliphatic heterocycles. The van der Waals surface area contributed by atoms with Crippen molar-refractivity contribution in [3.05, 3.63) is 108 Å². The van der Waals surface area contributed by atoms with Crippen LogP contribution in [0.3, 0.4) is 0 Å². The maximum atomic E-state index is 13.2. The van der Waals surface area contributed by atoms with Gasteiger partial charge < -0.3 is 23.7 Å². The minimum atomic E-state index is -0.918. The number of esters is 2. The minimum absolute atomic E-state index is 0.240. The van der Waals surface area contributed by atoms with E-state index in [1.54, 1.807) is 48.5 Å². The molecule has 0 aromatic heterocycles. The Bertz CT molecular complexity index is 1170. The zero-order valence-electron chi connectivity index (χ0n) is 20.3. The summed E-state index contributed by atoms with van der Waals surface area (Å²) in [6.07, 6.45) is -3.72. The summed E-state index contributed by atoms with van der Waals surface area (Å²) in [6, 6.07) is 27.0. The van der Waals surface area contributed by atoms with E-state index in [0.29, 0.717) is 16.9 Å². The number of rotatable bonds is 7. The maximum absolute atomic E-state index is 13.2. The van der Waals surface area contributed by atoms with Gasteiger partial charge in [0.15, 0.2) is 18.5 Å². The predicted octanol–water partition coefficient (Wildman–Crippen LogP) is 5.03. The van der Waals surface area contributed by atoms with Crippen LogP contribution in [0.5, 0.6) is 0 Å². The Kier molecular flexibility index (Phi) is 8.21. The molecular formula is C29H28O7S. The summed E-state index contributed by atoms with van der Waals surface area (Å²) in [6.45, 7) is 2.23. The number of hydrogen-bond donors (Lipinski definition) is 0. The molecule has 0 unspecified atom stereocenters. The summed E-state index contributed by atoms with van der Waals surface area (Å²) in [5.74, 6) is -0.352. The first kappa shape index (κ1) is 25.5. The van der Waals surface area contributed by atoms with E-state index in [-0.39, 0.29) is 6.61 Å². The SMILES string of the molecule is CCS[C@@H]1O[C@@H]2CO[C@@H](c3ccccc3)O[C@@H]2[C@H](OC(=O)c2ccccc2)[C@H]1OC(=O)c1ccccc1. The summed E-state index contributed by atoms with van der Waals surface area (Å²) in [7, 11) is 0. The fourth-order valence-corrected chi connectivity index (χ4v) is 5.37. The van der Waals surface area contributed by atoms with Crippen LogP contribution in [0.15, 0.2) is 91.0 Å². The molecule has 6 atom stereocenters. The van der Waals surface area contributed by atoms with Gasteiger partial charge in [0, 0.05) is 5.56 Å². The van der Waals surface area contributed by atoms with Crippen LogP contribution in [0, 0.1) is 0 Å². The Balaban J connectivity index is 1.47. The standard InChI is InChI=1S/C29H28O7S/c1-2-37-29-25(35-27(31)20-14-8-4-9-15-20)24(34-26(30)19-12-6-3-7-13-19)23-22(33-29)18-32-28(36-23)21-16-10-5-11-17-21/h3-17,22-25,28-29H,2,18H2,1H3/t22-,23+,24+,25-,28-,29+/m1/s1. The fourth-order valence-electron chi connectivity index (χ4n) is 4.42. The third-order valence-corrected chi connectivity index (χ3v) is 7.23. The lowest BCUT2D eigenvalue weighted by atomic mass is 9.98. The molecule has 0 spiro atoms. The van der Waals surface area contributed by atoms with Gasteiger partial charge in [-0.05, 0) is 30.0 Å². The van der Waals surface area contributed by atoms with Crippen molar-refractivity contribution in [3.63, 3.8) is 0 Å². The molecule has 3 aromatic carbocycles. The zero-order valence-corrected chi connectivity index (χ0v) is 21.1. The highest BCUT2D eigenvalue weighted by atomic mass is 32.2. The Labute approximate surface area is 220 Å². The second kappa shape index (κ2) is 11.9. The van der Waals surface area contributed by atoms with Gasteiger partial charge >= 0.3 is 11.9 Å². The van der Waals surface area contributed by atoms with Crippen LogP contribution in [0.25, 0.3) is 0 Å². The normalized spacial score (nSPS) is 27.1. The van der Waals surface area contributed by atoms with Gasteiger partial charge in [-0.2, -0.15) is 0 Å². The number of benzene rings is 3. The fraction of sp³-hybridized carbons (Fsp3) is 0.310. The molecule has 37 heavy (non-hydrogen) atoms. The molecule has 192 valence electrons. The first-order valence-electron chi connectivity index (χ1n) is 12.2. The van der Waals surface area contributed by atoms with Crippen LogP contribution in [0.1, 0.15) is 39.5 Å². The van der Waals surface area contributed by atoms with Gasteiger partial charge in [-0.1, -0.05) is 73.7 Å². The Hall–Kier alpha value is -3.17. The van der Waals surface area contributed by atoms with Crippen molar-refractivity contribution in [3.8, 4) is 0 Å². The van der Waals surface area contributed by atoms with Gasteiger partial charge in [-0.3, -0.25) is 0 Å². The summed E-state index contributed by atoms with van der Waals surface area (Å²) in [4.78, 5) is 26.3. The van der Waals surface area contributed by atoms with Gasteiger partial charge in [0.1, 0.15) is 17.6 Å². The van der Waals surface area contributed by atoms with Crippen LogP contribution in [0.2, 0.25) is 0 Å². The Morgan fingerprint density at radius 2 is 1.32 bits per heavy atom. The topological polar surface area (TPSA) is 80.3 Å². The average molecular weight is 521 g/mol. The van der Waals surface area contributed by atoms with Crippen molar-refractivity contribution in [1.29, 1.82) is 0 Å². The molecule has 0 amide bonds. The molecular weight excluding hydrogens is 492 g/mol. The largest absolute Gasteiger partial charge is 0.452 e. The Morgan fingerprint density at radius 3 is 1.89 bits per heavy atom. The number of hydrogen-bond acceptors (Lipinski definition) is 8. The van der Waals surface area contributed by atoms with Crippen molar-refractivity contribution in [2.75, 3.05) is 12.4 Å². The van der Waals surface area contributed by atoms with Crippen molar-refractivity contribution in [2.45, 2.75) is 43.1 Å². The lowest BCUT2D eigenvalue weighted by Crippen LogP contribution is -2.63. The van der Waals surface area contributed by atoms with E-state index < -0.39 is 48.1 Å². The van der Waals surface area contributed by atoms with E-state index in [1.807, 2.05) is 49.4 Å².